The molecule has 1 aromatic heterocycles. The van der Waals surface area contributed by atoms with Crippen molar-refractivity contribution in [1.29, 1.82) is 0 Å². The number of imidazole rings is 1. The van der Waals surface area contributed by atoms with Crippen LogP contribution in [-0.2, 0) is 11.3 Å². The number of aromatic nitrogens is 2. The minimum absolute atomic E-state index is 0.156. The Kier molecular flexibility index (Phi) is 3.47. The molecular weight excluding hydrogens is 232 g/mol. The minimum Gasteiger partial charge on any atom is -0.494 e. The molecule has 0 fully saturated rings. The Bertz CT molecular complexity index is 537. The molecule has 0 aliphatic rings. The van der Waals surface area contributed by atoms with Crippen molar-refractivity contribution in [2.75, 3.05) is 18.2 Å². The topological polar surface area (TPSA) is 82.2 Å². The predicted molar refractivity (Wildman–Crippen MR) is 68.3 cm³/mol. The van der Waals surface area contributed by atoms with Crippen LogP contribution in [-0.4, -0.2) is 22.6 Å². The molecule has 0 aliphatic carbocycles. The van der Waals surface area contributed by atoms with Crippen LogP contribution in [0.1, 0.15) is 0 Å². The van der Waals surface area contributed by atoms with Gasteiger partial charge in [-0.2, -0.15) is 0 Å². The molecule has 0 saturated heterocycles. The Morgan fingerprint density at radius 3 is 3.06 bits per heavy atom. The third-order valence-corrected chi connectivity index (χ3v) is 2.39. The molecular formula is C12H14N4O2. The number of methoxy groups -OCH3 is 1. The molecule has 94 valence electrons. The first-order valence-corrected chi connectivity index (χ1v) is 5.38. The first kappa shape index (κ1) is 12.0. The second kappa shape index (κ2) is 5.22. The number of nitrogens with two attached hydrogens (primary N) is 1. The van der Waals surface area contributed by atoms with Crippen LogP contribution in [0.15, 0.2) is 36.9 Å². The molecule has 1 heterocycles. The number of benzene rings is 1. The monoisotopic (exact) mass is 246 g/mol. The normalized spacial score (nSPS) is 10.1. The molecule has 0 bridgehead atoms. The number of hydrogen-bond acceptors (Lipinski definition) is 4. The van der Waals surface area contributed by atoms with Gasteiger partial charge in [-0.1, -0.05) is 0 Å². The lowest BCUT2D eigenvalue weighted by Gasteiger charge is -2.10. The van der Waals surface area contributed by atoms with Crippen molar-refractivity contribution in [2.45, 2.75) is 6.54 Å². The lowest BCUT2D eigenvalue weighted by Crippen LogP contribution is -2.18. The second-order valence-corrected chi connectivity index (χ2v) is 3.74. The van der Waals surface area contributed by atoms with Crippen molar-refractivity contribution < 1.29 is 9.53 Å². The average Bonchev–Trinajstić information content (AvgIpc) is 2.84. The number of carbonyl (C=O) groups is 1. The Labute approximate surface area is 104 Å². The maximum absolute atomic E-state index is 11.8. The van der Waals surface area contributed by atoms with E-state index in [0.717, 1.165) is 0 Å². The lowest BCUT2D eigenvalue weighted by molar-refractivity contribution is -0.116. The number of amides is 1. The maximum Gasteiger partial charge on any atom is 0.244 e. The number of rotatable bonds is 4. The van der Waals surface area contributed by atoms with E-state index in [1.165, 1.54) is 7.11 Å². The summed E-state index contributed by atoms with van der Waals surface area (Å²) in [6.07, 6.45) is 4.93. The Hall–Kier alpha value is -2.50. The van der Waals surface area contributed by atoms with Crippen molar-refractivity contribution in [3.05, 3.63) is 36.9 Å². The van der Waals surface area contributed by atoms with Crippen molar-refractivity contribution in [3.63, 3.8) is 0 Å². The Morgan fingerprint density at radius 1 is 1.56 bits per heavy atom. The van der Waals surface area contributed by atoms with Crippen molar-refractivity contribution in [2.24, 2.45) is 0 Å². The van der Waals surface area contributed by atoms with Crippen LogP contribution in [0.5, 0.6) is 5.75 Å². The highest BCUT2D eigenvalue weighted by Crippen LogP contribution is 2.26. The first-order chi connectivity index (χ1) is 8.69. The molecule has 2 aromatic rings. The van der Waals surface area contributed by atoms with Crippen LogP contribution in [0.2, 0.25) is 0 Å². The number of nitrogens with zero attached hydrogens (tertiary/aromatic N) is 2. The zero-order valence-electron chi connectivity index (χ0n) is 9.96. The molecule has 0 radical (unpaired) electrons. The molecule has 0 atom stereocenters. The van der Waals surface area contributed by atoms with Gasteiger partial charge in [-0.15, -0.1) is 0 Å². The zero-order chi connectivity index (χ0) is 13.0. The molecule has 2 rings (SSSR count). The van der Waals surface area contributed by atoms with E-state index in [4.69, 9.17) is 10.5 Å². The van der Waals surface area contributed by atoms with E-state index in [2.05, 4.69) is 10.3 Å². The molecule has 3 N–H and O–H groups in total. The minimum atomic E-state index is -0.156. The molecule has 0 aliphatic heterocycles. The van der Waals surface area contributed by atoms with Gasteiger partial charge < -0.3 is 20.4 Å². The Morgan fingerprint density at radius 2 is 2.39 bits per heavy atom. The summed E-state index contributed by atoms with van der Waals surface area (Å²) in [5.41, 5.74) is 6.82. The van der Waals surface area contributed by atoms with Crippen molar-refractivity contribution >= 4 is 17.3 Å². The van der Waals surface area contributed by atoms with Gasteiger partial charge >= 0.3 is 0 Å². The van der Waals surface area contributed by atoms with E-state index in [1.54, 1.807) is 41.5 Å². The molecule has 1 aromatic carbocycles. The van der Waals surface area contributed by atoms with Crippen molar-refractivity contribution in [1.82, 2.24) is 9.55 Å². The van der Waals surface area contributed by atoms with Gasteiger partial charge in [0.15, 0.2) is 0 Å². The number of carbonyl (C=O) groups excluding carboxylic acids is 1. The van der Waals surface area contributed by atoms with Crippen LogP contribution in [0.3, 0.4) is 0 Å². The largest absolute Gasteiger partial charge is 0.494 e. The first-order valence-electron chi connectivity index (χ1n) is 5.38. The van der Waals surface area contributed by atoms with Gasteiger partial charge in [-0.25, -0.2) is 4.98 Å². The van der Waals surface area contributed by atoms with Gasteiger partial charge in [0.1, 0.15) is 12.3 Å². The maximum atomic E-state index is 11.8. The number of ether oxygens (including phenoxy) is 1. The van der Waals surface area contributed by atoms with Crippen LogP contribution in [0.4, 0.5) is 11.4 Å². The van der Waals surface area contributed by atoms with Crippen molar-refractivity contribution in [3.8, 4) is 5.75 Å². The standard InChI is InChI=1S/C12H14N4O2/c1-18-11-6-9(13)2-3-10(11)15-12(17)7-16-5-4-14-8-16/h2-6,8H,7,13H2,1H3,(H,15,17). The summed E-state index contributed by atoms with van der Waals surface area (Å²) < 4.78 is 6.83. The predicted octanol–water partition coefficient (Wildman–Crippen LogP) is 1.11. The van der Waals surface area contributed by atoms with Gasteiger partial charge in [-0.3, -0.25) is 4.79 Å². The number of hydrogen-bond donors (Lipinski definition) is 2. The lowest BCUT2D eigenvalue weighted by atomic mass is 10.2. The highest BCUT2D eigenvalue weighted by atomic mass is 16.5. The number of anilines is 2. The molecule has 0 spiro atoms. The molecule has 1 amide bonds. The van der Waals surface area contributed by atoms with E-state index in [9.17, 15) is 4.79 Å². The van der Waals surface area contributed by atoms with Gasteiger partial charge in [0.05, 0.1) is 19.1 Å². The average molecular weight is 246 g/mol. The zero-order valence-corrected chi connectivity index (χ0v) is 9.96. The van der Waals surface area contributed by atoms with Gasteiger partial charge in [-0.05, 0) is 12.1 Å². The molecule has 0 saturated carbocycles. The van der Waals surface area contributed by atoms with Gasteiger partial charge in [0, 0.05) is 24.1 Å². The fourth-order valence-electron chi connectivity index (χ4n) is 1.55. The summed E-state index contributed by atoms with van der Waals surface area (Å²) in [5.74, 6) is 0.380. The number of nitrogen functional groups attached to an aromatic ring is 1. The van der Waals surface area contributed by atoms with Gasteiger partial charge in [0.25, 0.3) is 0 Å². The van der Waals surface area contributed by atoms with E-state index in [0.29, 0.717) is 17.1 Å². The van der Waals surface area contributed by atoms with Gasteiger partial charge in [0.2, 0.25) is 5.91 Å². The fraction of sp³-hybridized carbons (Fsp3) is 0.167. The van der Waals surface area contributed by atoms with Crippen LogP contribution in [0.25, 0.3) is 0 Å². The SMILES string of the molecule is COc1cc(N)ccc1NC(=O)Cn1ccnc1. The summed E-state index contributed by atoms with van der Waals surface area (Å²) in [6, 6.07) is 5.07. The third-order valence-electron chi connectivity index (χ3n) is 2.39. The molecule has 6 heteroatoms. The summed E-state index contributed by atoms with van der Waals surface area (Å²) in [6.45, 7) is 0.202. The highest BCUT2D eigenvalue weighted by Gasteiger charge is 2.08. The third kappa shape index (κ3) is 2.79. The second-order valence-electron chi connectivity index (χ2n) is 3.74. The van der Waals surface area contributed by atoms with E-state index in [1.807, 2.05) is 0 Å². The van der Waals surface area contributed by atoms with Crippen LogP contribution in [0, 0.1) is 0 Å². The number of nitrogens with one attached hydrogen (secondary N) is 1. The quantitative estimate of drug-likeness (QED) is 0.792. The fourth-order valence-corrected chi connectivity index (χ4v) is 1.55. The Balaban J connectivity index is 2.07. The molecule has 0 unspecified atom stereocenters. The highest BCUT2D eigenvalue weighted by molar-refractivity contribution is 5.92. The van der Waals surface area contributed by atoms with Crippen LogP contribution >= 0.6 is 0 Å². The van der Waals surface area contributed by atoms with Crippen LogP contribution < -0.4 is 15.8 Å². The summed E-state index contributed by atoms with van der Waals surface area (Å²) in [4.78, 5) is 15.7. The molecule has 18 heavy (non-hydrogen) atoms. The molecule has 6 nitrogen and oxygen atoms in total. The van der Waals surface area contributed by atoms with E-state index < -0.39 is 0 Å². The summed E-state index contributed by atoms with van der Waals surface area (Å²) in [5, 5.41) is 2.76. The smallest absolute Gasteiger partial charge is 0.244 e. The summed E-state index contributed by atoms with van der Waals surface area (Å²) in [7, 11) is 1.53. The van der Waals surface area contributed by atoms with E-state index in [-0.39, 0.29) is 12.5 Å². The summed E-state index contributed by atoms with van der Waals surface area (Å²) >= 11 is 0. The van der Waals surface area contributed by atoms with E-state index >= 15 is 0 Å².